The molecule has 5 heteroatoms. The van der Waals surface area contributed by atoms with Crippen molar-refractivity contribution in [2.45, 2.75) is 6.42 Å². The van der Waals surface area contributed by atoms with Gasteiger partial charge in [-0.05, 0) is 20.5 Å². The standard InChI is InChI=1S/C9H16N4O/c1-13(2)4-3-5-14-9-11-6-8(10)7-12-9/h6-7H,3-5,10H2,1-2H3. The first kappa shape index (κ1) is 10.7. The van der Waals surface area contributed by atoms with Crippen LogP contribution in [-0.4, -0.2) is 42.1 Å². The van der Waals surface area contributed by atoms with Crippen LogP contribution in [0.3, 0.4) is 0 Å². The van der Waals surface area contributed by atoms with E-state index in [4.69, 9.17) is 10.5 Å². The predicted molar refractivity (Wildman–Crippen MR) is 55.1 cm³/mol. The lowest BCUT2D eigenvalue weighted by molar-refractivity contribution is 0.264. The van der Waals surface area contributed by atoms with Gasteiger partial charge in [-0.1, -0.05) is 0 Å². The van der Waals surface area contributed by atoms with Crippen molar-refractivity contribution < 1.29 is 4.74 Å². The Labute approximate surface area is 83.9 Å². The summed E-state index contributed by atoms with van der Waals surface area (Å²) in [6.07, 6.45) is 4.03. The van der Waals surface area contributed by atoms with Crippen LogP contribution in [-0.2, 0) is 0 Å². The quantitative estimate of drug-likeness (QED) is 0.690. The van der Waals surface area contributed by atoms with E-state index in [1.165, 1.54) is 12.4 Å². The van der Waals surface area contributed by atoms with Gasteiger partial charge in [-0.15, -0.1) is 0 Å². The van der Waals surface area contributed by atoms with Gasteiger partial charge in [0.2, 0.25) is 0 Å². The highest BCUT2D eigenvalue weighted by atomic mass is 16.5. The van der Waals surface area contributed by atoms with E-state index in [0.29, 0.717) is 18.3 Å². The minimum absolute atomic E-state index is 0.387. The molecular weight excluding hydrogens is 180 g/mol. The van der Waals surface area contributed by atoms with E-state index >= 15 is 0 Å². The topological polar surface area (TPSA) is 64.3 Å². The first-order valence-corrected chi connectivity index (χ1v) is 4.53. The van der Waals surface area contributed by atoms with Crippen molar-refractivity contribution in [2.75, 3.05) is 33.0 Å². The largest absolute Gasteiger partial charge is 0.463 e. The summed E-state index contributed by atoms with van der Waals surface area (Å²) >= 11 is 0. The molecule has 0 amide bonds. The second-order valence-electron chi connectivity index (χ2n) is 3.30. The second kappa shape index (κ2) is 5.39. The van der Waals surface area contributed by atoms with Crippen molar-refractivity contribution in [3.63, 3.8) is 0 Å². The van der Waals surface area contributed by atoms with Crippen LogP contribution in [0.25, 0.3) is 0 Å². The number of ether oxygens (including phenoxy) is 1. The maximum Gasteiger partial charge on any atom is 0.316 e. The zero-order chi connectivity index (χ0) is 10.4. The third kappa shape index (κ3) is 4.04. The van der Waals surface area contributed by atoms with E-state index in [0.717, 1.165) is 13.0 Å². The molecule has 1 heterocycles. The lowest BCUT2D eigenvalue weighted by Crippen LogP contribution is -2.15. The molecule has 78 valence electrons. The molecule has 0 aliphatic rings. The van der Waals surface area contributed by atoms with Gasteiger partial charge in [0, 0.05) is 6.54 Å². The van der Waals surface area contributed by atoms with Gasteiger partial charge in [0.25, 0.3) is 0 Å². The van der Waals surface area contributed by atoms with Gasteiger partial charge < -0.3 is 15.4 Å². The monoisotopic (exact) mass is 196 g/mol. The molecule has 0 spiro atoms. The van der Waals surface area contributed by atoms with E-state index in [2.05, 4.69) is 14.9 Å². The molecule has 0 saturated carbocycles. The normalized spacial score (nSPS) is 10.5. The minimum Gasteiger partial charge on any atom is -0.463 e. The number of hydrogen-bond donors (Lipinski definition) is 1. The zero-order valence-electron chi connectivity index (χ0n) is 8.60. The number of hydrogen-bond acceptors (Lipinski definition) is 5. The van der Waals surface area contributed by atoms with Crippen molar-refractivity contribution in [1.82, 2.24) is 14.9 Å². The summed E-state index contributed by atoms with van der Waals surface area (Å²) in [7, 11) is 4.05. The van der Waals surface area contributed by atoms with E-state index in [9.17, 15) is 0 Å². The maximum absolute atomic E-state index is 5.43. The SMILES string of the molecule is CN(C)CCCOc1ncc(N)cn1. The highest BCUT2D eigenvalue weighted by Gasteiger charge is 1.96. The molecule has 0 atom stereocenters. The molecular formula is C9H16N4O. The van der Waals surface area contributed by atoms with Gasteiger partial charge in [0.05, 0.1) is 24.7 Å². The van der Waals surface area contributed by atoms with Gasteiger partial charge in [-0.25, -0.2) is 9.97 Å². The van der Waals surface area contributed by atoms with Crippen LogP contribution < -0.4 is 10.5 Å². The summed E-state index contributed by atoms with van der Waals surface area (Å²) in [5, 5.41) is 0. The van der Waals surface area contributed by atoms with Crippen molar-refractivity contribution in [2.24, 2.45) is 0 Å². The zero-order valence-corrected chi connectivity index (χ0v) is 8.60. The lowest BCUT2D eigenvalue weighted by atomic mass is 10.4. The first-order chi connectivity index (χ1) is 6.68. The van der Waals surface area contributed by atoms with E-state index < -0.39 is 0 Å². The highest BCUT2D eigenvalue weighted by molar-refractivity contribution is 5.30. The van der Waals surface area contributed by atoms with Crippen molar-refractivity contribution >= 4 is 5.69 Å². The molecule has 0 radical (unpaired) electrons. The van der Waals surface area contributed by atoms with Crippen molar-refractivity contribution in [1.29, 1.82) is 0 Å². The molecule has 0 aliphatic carbocycles. The third-order valence-electron chi connectivity index (χ3n) is 1.63. The molecule has 0 saturated heterocycles. The summed E-state index contributed by atoms with van der Waals surface area (Å²) in [4.78, 5) is 9.95. The van der Waals surface area contributed by atoms with Gasteiger partial charge in [0.15, 0.2) is 0 Å². The summed E-state index contributed by atoms with van der Waals surface area (Å²) < 4.78 is 5.31. The van der Waals surface area contributed by atoms with E-state index in [1.807, 2.05) is 14.1 Å². The van der Waals surface area contributed by atoms with E-state index in [1.54, 1.807) is 0 Å². The third-order valence-corrected chi connectivity index (χ3v) is 1.63. The Kier molecular flexibility index (Phi) is 4.12. The summed E-state index contributed by atoms with van der Waals surface area (Å²) in [6.45, 7) is 1.62. The molecule has 2 N–H and O–H groups in total. The Hall–Kier alpha value is -1.36. The van der Waals surface area contributed by atoms with Gasteiger partial charge in [-0.3, -0.25) is 0 Å². The summed E-state index contributed by atoms with van der Waals surface area (Å²) in [6, 6.07) is 0.387. The number of nitrogens with two attached hydrogens (primary N) is 1. The van der Waals surface area contributed by atoms with Gasteiger partial charge in [-0.2, -0.15) is 0 Å². The maximum atomic E-state index is 5.43. The smallest absolute Gasteiger partial charge is 0.316 e. The molecule has 0 aromatic carbocycles. The molecule has 1 aromatic heterocycles. The van der Waals surface area contributed by atoms with Crippen LogP contribution in [0.1, 0.15) is 6.42 Å². The highest BCUT2D eigenvalue weighted by Crippen LogP contribution is 2.03. The van der Waals surface area contributed by atoms with Crippen LogP contribution in [0, 0.1) is 0 Å². The average molecular weight is 196 g/mol. The van der Waals surface area contributed by atoms with Crippen LogP contribution >= 0.6 is 0 Å². The molecule has 0 unspecified atom stereocenters. The number of anilines is 1. The predicted octanol–water partition coefficient (Wildman–Crippen LogP) is 0.389. The fourth-order valence-corrected chi connectivity index (χ4v) is 0.945. The molecule has 0 fully saturated rings. The van der Waals surface area contributed by atoms with Crippen molar-refractivity contribution in [3.8, 4) is 6.01 Å². The Morgan fingerprint density at radius 3 is 2.57 bits per heavy atom. The van der Waals surface area contributed by atoms with Crippen LogP contribution in [0.5, 0.6) is 6.01 Å². The second-order valence-corrected chi connectivity index (χ2v) is 3.30. The summed E-state index contributed by atoms with van der Waals surface area (Å²) in [5.41, 5.74) is 5.98. The number of aromatic nitrogens is 2. The summed E-state index contributed by atoms with van der Waals surface area (Å²) in [5.74, 6) is 0. The molecule has 0 aliphatic heterocycles. The Bertz CT molecular complexity index is 260. The number of nitrogens with zero attached hydrogens (tertiary/aromatic N) is 3. The molecule has 1 aromatic rings. The van der Waals surface area contributed by atoms with Crippen LogP contribution in [0.15, 0.2) is 12.4 Å². The first-order valence-electron chi connectivity index (χ1n) is 4.53. The van der Waals surface area contributed by atoms with Gasteiger partial charge >= 0.3 is 6.01 Å². The molecule has 1 rings (SSSR count). The fraction of sp³-hybridized carbons (Fsp3) is 0.556. The fourth-order valence-electron chi connectivity index (χ4n) is 0.945. The lowest BCUT2D eigenvalue weighted by Gasteiger charge is -2.09. The Morgan fingerprint density at radius 2 is 2.00 bits per heavy atom. The molecule has 0 bridgehead atoms. The Morgan fingerprint density at radius 1 is 1.36 bits per heavy atom. The van der Waals surface area contributed by atoms with Crippen molar-refractivity contribution in [3.05, 3.63) is 12.4 Å². The molecule has 14 heavy (non-hydrogen) atoms. The van der Waals surface area contributed by atoms with Crippen LogP contribution in [0.4, 0.5) is 5.69 Å². The number of rotatable bonds is 5. The molecule has 5 nitrogen and oxygen atoms in total. The minimum atomic E-state index is 0.387. The van der Waals surface area contributed by atoms with E-state index in [-0.39, 0.29) is 0 Å². The number of nitrogen functional groups attached to an aromatic ring is 1. The van der Waals surface area contributed by atoms with Gasteiger partial charge in [0.1, 0.15) is 0 Å². The van der Waals surface area contributed by atoms with Crippen LogP contribution in [0.2, 0.25) is 0 Å². The Balaban J connectivity index is 2.21. The average Bonchev–Trinajstić information content (AvgIpc) is 2.15.